The van der Waals surface area contributed by atoms with E-state index in [1.807, 2.05) is 12.2 Å². The van der Waals surface area contributed by atoms with Gasteiger partial charge < -0.3 is 4.74 Å². The first-order chi connectivity index (χ1) is 28.6. The summed E-state index contributed by atoms with van der Waals surface area (Å²) >= 11 is 0. The molecule has 6 nitrogen and oxygen atoms in total. The van der Waals surface area contributed by atoms with Crippen molar-refractivity contribution in [2.45, 2.75) is 78.1 Å². The number of carbonyl (C=O) groups excluding carboxylic acids is 5. The highest BCUT2D eigenvalue weighted by atomic mass is 16.5. The van der Waals surface area contributed by atoms with Crippen LogP contribution < -0.4 is 4.74 Å². The summed E-state index contributed by atoms with van der Waals surface area (Å²) in [6.07, 6.45) is 22.8. The molecule has 3 aromatic carbocycles. The zero-order valence-corrected chi connectivity index (χ0v) is 34.2. The van der Waals surface area contributed by atoms with E-state index in [0.717, 1.165) is 61.6 Å². The second-order valence-corrected chi connectivity index (χ2v) is 14.2. The summed E-state index contributed by atoms with van der Waals surface area (Å²) in [4.78, 5) is 61.8. The van der Waals surface area contributed by atoms with E-state index in [4.69, 9.17) is 4.74 Å². The van der Waals surface area contributed by atoms with E-state index >= 15 is 0 Å². The molecule has 0 aliphatic heterocycles. The SMILES string of the molecule is C.C=C.C=C=C(C=C)C1CC1CCCCCC(=O)/C=C\c1ccc(C(=O)C(=C)c2ccc(OC(=O)c3ccc(/C=C\C(=O)CCCCC/C=C\C(=O)C=C)cc3)cc2)cc1. The fourth-order valence-corrected chi connectivity index (χ4v) is 6.41. The smallest absolute Gasteiger partial charge is 0.343 e. The maximum atomic E-state index is 13.2. The van der Waals surface area contributed by atoms with Crippen molar-refractivity contribution < 1.29 is 28.7 Å². The van der Waals surface area contributed by atoms with Gasteiger partial charge in [-0.25, -0.2) is 4.79 Å². The third-order valence-electron chi connectivity index (χ3n) is 9.95. The first-order valence-corrected chi connectivity index (χ1v) is 20.1. The lowest BCUT2D eigenvalue weighted by atomic mass is 9.97. The molecule has 1 aliphatic rings. The van der Waals surface area contributed by atoms with E-state index < -0.39 is 5.97 Å². The van der Waals surface area contributed by atoms with Crippen LogP contribution in [0.3, 0.4) is 0 Å². The van der Waals surface area contributed by atoms with Crippen molar-refractivity contribution in [3.05, 3.63) is 188 Å². The first-order valence-electron chi connectivity index (χ1n) is 20.1. The first kappa shape index (κ1) is 49.7. The topological polar surface area (TPSA) is 94.6 Å². The van der Waals surface area contributed by atoms with Gasteiger partial charge in [-0.05, 0) is 121 Å². The molecule has 0 bridgehead atoms. The second-order valence-electron chi connectivity index (χ2n) is 14.2. The summed E-state index contributed by atoms with van der Waals surface area (Å²) in [5, 5.41) is 0. The summed E-state index contributed by atoms with van der Waals surface area (Å²) in [5.41, 5.74) is 7.45. The van der Waals surface area contributed by atoms with Gasteiger partial charge in [-0.2, -0.15) is 0 Å². The molecule has 3 aromatic rings. The molecule has 0 aromatic heterocycles. The van der Waals surface area contributed by atoms with E-state index in [0.29, 0.717) is 52.7 Å². The predicted molar refractivity (Wildman–Crippen MR) is 249 cm³/mol. The predicted octanol–water partition coefficient (Wildman–Crippen LogP) is 13.2. The van der Waals surface area contributed by atoms with Gasteiger partial charge in [0.1, 0.15) is 5.75 Å². The summed E-state index contributed by atoms with van der Waals surface area (Å²) in [7, 11) is 0. The molecule has 0 N–H and O–H groups in total. The Morgan fingerprint density at radius 2 is 1.20 bits per heavy atom. The third kappa shape index (κ3) is 17.2. The number of rotatable bonds is 25. The number of ketones is 4. The standard InChI is InChI=1S/C51H52O6.C2H4.CH4/c1-5-40(6-2)49-36-44(49)16-12-11-15-19-47(54)32-24-38-20-26-42(27-21-38)50(55)37(4)41-30-34-48(35-31-41)57-51(56)43-28-22-39(23-29-43)25-33-46(53)18-14-10-8-9-13-17-45(52)7-3;1-2;/h5,7,13,17,20-35,44,49H,1-4,8-12,14-16,18-19,36H2;1-2H2;1H4/b17-13-,32-24-,33-25-;;. The minimum Gasteiger partial charge on any atom is -0.423 e. The van der Waals surface area contributed by atoms with Crippen molar-refractivity contribution in [3.63, 3.8) is 0 Å². The van der Waals surface area contributed by atoms with Crippen LogP contribution in [-0.2, 0) is 14.4 Å². The zero-order valence-electron chi connectivity index (χ0n) is 34.2. The van der Waals surface area contributed by atoms with Crippen LogP contribution in [0.1, 0.15) is 115 Å². The minimum absolute atomic E-state index is 0. The van der Waals surface area contributed by atoms with Crippen molar-refractivity contribution in [2.75, 3.05) is 0 Å². The lowest BCUT2D eigenvalue weighted by Gasteiger charge is -2.08. The average molecular weight is 805 g/mol. The van der Waals surface area contributed by atoms with Gasteiger partial charge in [-0.15, -0.1) is 18.9 Å². The number of unbranched alkanes of at least 4 members (excludes halogenated alkanes) is 5. The van der Waals surface area contributed by atoms with E-state index in [2.05, 4.69) is 45.2 Å². The molecule has 0 heterocycles. The zero-order chi connectivity index (χ0) is 43.0. The number of hydrogen-bond acceptors (Lipinski definition) is 6. The van der Waals surface area contributed by atoms with Gasteiger partial charge in [0.15, 0.2) is 23.1 Å². The largest absolute Gasteiger partial charge is 0.423 e. The molecule has 0 saturated heterocycles. The highest BCUT2D eigenvalue weighted by Gasteiger charge is 2.37. The van der Waals surface area contributed by atoms with Crippen LogP contribution >= 0.6 is 0 Å². The molecule has 1 fully saturated rings. The van der Waals surface area contributed by atoms with Gasteiger partial charge in [0.25, 0.3) is 0 Å². The fourth-order valence-electron chi connectivity index (χ4n) is 6.41. The van der Waals surface area contributed by atoms with Crippen LogP contribution in [-0.4, -0.2) is 29.1 Å². The number of esters is 1. The minimum atomic E-state index is -0.536. The molecular formula is C54H60O6. The Bertz CT molecular complexity index is 2080. The molecule has 0 amide bonds. The number of Topliss-reactive ketones (excluding diaryl/α,β-unsaturated/α-hetero) is 1. The molecule has 60 heavy (non-hydrogen) atoms. The lowest BCUT2D eigenvalue weighted by Crippen LogP contribution is -2.08. The molecule has 2 atom stereocenters. The number of ether oxygens (including phenoxy) is 1. The van der Waals surface area contributed by atoms with Crippen LogP contribution in [0.4, 0.5) is 0 Å². The van der Waals surface area contributed by atoms with Gasteiger partial charge in [-0.3, -0.25) is 19.2 Å². The van der Waals surface area contributed by atoms with Crippen molar-refractivity contribution in [1.82, 2.24) is 0 Å². The molecule has 1 saturated carbocycles. The maximum absolute atomic E-state index is 13.2. The summed E-state index contributed by atoms with van der Waals surface area (Å²) in [6.45, 7) is 21.0. The average Bonchev–Trinajstić information content (AvgIpc) is 4.04. The third-order valence-corrected chi connectivity index (χ3v) is 9.95. The lowest BCUT2D eigenvalue weighted by molar-refractivity contribution is -0.115. The second kappa shape index (κ2) is 27.2. The number of hydrogen-bond donors (Lipinski definition) is 0. The molecule has 0 radical (unpaired) electrons. The summed E-state index contributed by atoms with van der Waals surface area (Å²) in [5.74, 6) is 0.821. The van der Waals surface area contributed by atoms with Crippen LogP contribution in [0.2, 0.25) is 0 Å². The Balaban J connectivity index is 0.00000407. The molecule has 1 aliphatic carbocycles. The normalized spacial score (nSPS) is 13.9. The van der Waals surface area contributed by atoms with Crippen molar-refractivity contribution in [3.8, 4) is 5.75 Å². The van der Waals surface area contributed by atoms with Gasteiger partial charge in [0.2, 0.25) is 0 Å². The quantitative estimate of drug-likeness (QED) is 0.0124. The van der Waals surface area contributed by atoms with Crippen molar-refractivity contribution in [2.24, 2.45) is 11.8 Å². The van der Waals surface area contributed by atoms with Gasteiger partial charge >= 0.3 is 5.97 Å². The summed E-state index contributed by atoms with van der Waals surface area (Å²) < 4.78 is 5.54. The number of benzene rings is 3. The molecule has 312 valence electrons. The van der Waals surface area contributed by atoms with Crippen molar-refractivity contribution >= 4 is 46.8 Å². The number of allylic oxidation sites excluding steroid dienone is 8. The highest BCUT2D eigenvalue weighted by molar-refractivity contribution is 6.28. The van der Waals surface area contributed by atoms with E-state index in [1.165, 1.54) is 25.0 Å². The van der Waals surface area contributed by atoms with Crippen LogP contribution in [0.5, 0.6) is 5.75 Å². The molecule has 0 spiro atoms. The molecule has 4 rings (SSSR count). The summed E-state index contributed by atoms with van der Waals surface area (Å²) in [6, 6.07) is 20.4. The van der Waals surface area contributed by atoms with E-state index in [9.17, 15) is 24.0 Å². The van der Waals surface area contributed by atoms with Gasteiger partial charge in [0.05, 0.1) is 5.56 Å². The fraction of sp³-hybridized carbons (Fsp3) is 0.259. The van der Waals surface area contributed by atoms with E-state index in [-0.39, 0.29) is 30.6 Å². The Labute approximate surface area is 357 Å². The van der Waals surface area contributed by atoms with Crippen LogP contribution in [0.25, 0.3) is 17.7 Å². The van der Waals surface area contributed by atoms with Crippen LogP contribution in [0, 0.1) is 11.8 Å². The Hall–Kier alpha value is -6.49. The monoisotopic (exact) mass is 804 g/mol. The van der Waals surface area contributed by atoms with Crippen molar-refractivity contribution in [1.29, 1.82) is 0 Å². The molecular weight excluding hydrogens is 745 g/mol. The van der Waals surface area contributed by atoms with Gasteiger partial charge in [-0.1, -0.05) is 126 Å². The van der Waals surface area contributed by atoms with Gasteiger partial charge in [0, 0.05) is 24.0 Å². The van der Waals surface area contributed by atoms with E-state index in [1.54, 1.807) is 97.1 Å². The Kier molecular flexibility index (Phi) is 22.5. The highest BCUT2D eigenvalue weighted by Crippen LogP contribution is 2.47. The Morgan fingerprint density at radius 1 is 0.667 bits per heavy atom. The number of carbonyl (C=O) groups is 5. The maximum Gasteiger partial charge on any atom is 0.343 e. The molecule has 6 heteroatoms. The Morgan fingerprint density at radius 3 is 1.73 bits per heavy atom. The van der Waals surface area contributed by atoms with Crippen LogP contribution in [0.15, 0.2) is 160 Å². The molecule has 2 unspecified atom stereocenters.